The van der Waals surface area contributed by atoms with Crippen molar-refractivity contribution in [1.82, 2.24) is 0 Å². The number of aliphatic hydroxyl groups is 3. The maximum atomic E-state index is 11.8. The predicted molar refractivity (Wildman–Crippen MR) is 187 cm³/mol. The standard InChI is InChI=1S/C39H70O8/c1-4-5-6-7-8-9-10-11-15-18-25-35(42)37-26-27-38(47-37)36(43)29-34(46-31(3)40)24-20-19-23-33(41)22-17-14-12-13-16-21-32-28-30(2)45-39(32)44/h28,30,33-38,41-43H,4-27,29H2,1-3H3/t30-,33?,34?,35?,36?,37?,38?/m0/s1. The number of aliphatic hydroxyl groups excluding tert-OH is 3. The first-order valence-electron chi connectivity index (χ1n) is 19.5. The van der Waals surface area contributed by atoms with Gasteiger partial charge < -0.3 is 29.5 Å². The Balaban J connectivity index is 1.52. The molecule has 0 spiro atoms. The van der Waals surface area contributed by atoms with Gasteiger partial charge in [0.1, 0.15) is 12.2 Å². The summed E-state index contributed by atoms with van der Waals surface area (Å²) < 4.78 is 16.8. The Labute approximate surface area is 286 Å². The molecule has 0 saturated carbocycles. The van der Waals surface area contributed by atoms with Crippen molar-refractivity contribution in [3.63, 3.8) is 0 Å². The number of hydrogen-bond acceptors (Lipinski definition) is 8. The van der Waals surface area contributed by atoms with E-state index in [1.807, 2.05) is 13.0 Å². The maximum Gasteiger partial charge on any atom is 0.334 e. The summed E-state index contributed by atoms with van der Waals surface area (Å²) in [5, 5.41) is 32.1. The first kappa shape index (κ1) is 41.7. The topological polar surface area (TPSA) is 123 Å². The van der Waals surface area contributed by atoms with Gasteiger partial charge in [-0.05, 0) is 70.8 Å². The molecule has 0 aliphatic carbocycles. The highest BCUT2D eigenvalue weighted by Crippen LogP contribution is 2.29. The molecule has 7 atom stereocenters. The van der Waals surface area contributed by atoms with Crippen LogP contribution < -0.4 is 0 Å². The lowest BCUT2D eigenvalue weighted by Gasteiger charge is -2.25. The van der Waals surface area contributed by atoms with Crippen LogP contribution in [0.2, 0.25) is 0 Å². The fourth-order valence-corrected chi connectivity index (χ4v) is 7.10. The third kappa shape index (κ3) is 19.3. The van der Waals surface area contributed by atoms with Crippen molar-refractivity contribution in [2.45, 2.75) is 224 Å². The van der Waals surface area contributed by atoms with E-state index < -0.39 is 12.2 Å². The Morgan fingerprint density at radius 2 is 1.28 bits per heavy atom. The SMILES string of the molecule is CCCCCCCCCCCCC(O)C1CCC(C(O)CC(CCCCC(O)CCCCCCCC2=C[C@H](C)OC2=O)OC(C)=O)O1. The van der Waals surface area contributed by atoms with Crippen molar-refractivity contribution < 1.29 is 39.1 Å². The number of hydrogen-bond donors (Lipinski definition) is 3. The number of ether oxygens (including phenoxy) is 3. The average molecular weight is 667 g/mol. The fourth-order valence-electron chi connectivity index (χ4n) is 7.10. The van der Waals surface area contributed by atoms with Gasteiger partial charge in [-0.2, -0.15) is 0 Å². The molecule has 274 valence electrons. The molecule has 0 radical (unpaired) electrons. The zero-order valence-electron chi connectivity index (χ0n) is 30.2. The summed E-state index contributed by atoms with van der Waals surface area (Å²) in [4.78, 5) is 23.4. The number of carbonyl (C=O) groups is 2. The van der Waals surface area contributed by atoms with Gasteiger partial charge in [-0.3, -0.25) is 4.79 Å². The number of esters is 2. The number of rotatable bonds is 29. The van der Waals surface area contributed by atoms with Crippen LogP contribution in [0.1, 0.15) is 181 Å². The van der Waals surface area contributed by atoms with Crippen LogP contribution in [-0.2, 0) is 23.8 Å². The molecule has 2 aliphatic rings. The first-order valence-corrected chi connectivity index (χ1v) is 19.5. The zero-order valence-corrected chi connectivity index (χ0v) is 30.2. The van der Waals surface area contributed by atoms with E-state index in [4.69, 9.17) is 14.2 Å². The minimum Gasteiger partial charge on any atom is -0.462 e. The Hall–Kier alpha value is -1.48. The van der Waals surface area contributed by atoms with Gasteiger partial charge in [0.05, 0.1) is 30.5 Å². The van der Waals surface area contributed by atoms with Crippen LogP contribution in [0.15, 0.2) is 11.6 Å². The average Bonchev–Trinajstić information content (AvgIpc) is 3.65. The molecule has 0 amide bonds. The largest absolute Gasteiger partial charge is 0.462 e. The van der Waals surface area contributed by atoms with E-state index >= 15 is 0 Å². The molecule has 6 unspecified atom stereocenters. The third-order valence-corrected chi connectivity index (χ3v) is 9.92. The van der Waals surface area contributed by atoms with Crippen molar-refractivity contribution in [3.8, 4) is 0 Å². The summed E-state index contributed by atoms with van der Waals surface area (Å²) in [6.07, 6.45) is 24.3. The number of cyclic esters (lactones) is 1. The van der Waals surface area contributed by atoms with Crippen LogP contribution in [0, 0.1) is 0 Å². The molecule has 1 saturated heterocycles. The van der Waals surface area contributed by atoms with E-state index in [2.05, 4.69) is 6.92 Å². The second-order valence-corrected chi connectivity index (χ2v) is 14.4. The third-order valence-electron chi connectivity index (χ3n) is 9.92. The van der Waals surface area contributed by atoms with E-state index in [9.17, 15) is 24.9 Å². The van der Waals surface area contributed by atoms with Gasteiger partial charge in [0.15, 0.2) is 0 Å². The van der Waals surface area contributed by atoms with Crippen molar-refractivity contribution in [1.29, 1.82) is 0 Å². The van der Waals surface area contributed by atoms with Gasteiger partial charge in [0, 0.05) is 18.9 Å². The van der Waals surface area contributed by atoms with Crippen LogP contribution >= 0.6 is 0 Å². The minimum absolute atomic E-state index is 0.0951. The van der Waals surface area contributed by atoms with E-state index in [0.717, 1.165) is 89.0 Å². The lowest BCUT2D eigenvalue weighted by Crippen LogP contribution is -2.34. The van der Waals surface area contributed by atoms with Gasteiger partial charge in [-0.1, -0.05) is 103 Å². The van der Waals surface area contributed by atoms with E-state index in [1.165, 1.54) is 58.3 Å². The van der Waals surface area contributed by atoms with E-state index in [-0.39, 0.29) is 42.5 Å². The summed E-state index contributed by atoms with van der Waals surface area (Å²) in [6, 6.07) is 0. The highest BCUT2D eigenvalue weighted by molar-refractivity contribution is 5.90. The van der Waals surface area contributed by atoms with Crippen molar-refractivity contribution in [2.75, 3.05) is 0 Å². The summed E-state index contributed by atoms with van der Waals surface area (Å²) in [6.45, 7) is 5.53. The molecule has 0 aromatic carbocycles. The quantitative estimate of drug-likeness (QED) is 0.0537. The Morgan fingerprint density at radius 1 is 0.766 bits per heavy atom. The molecule has 0 aromatic rings. The number of carbonyl (C=O) groups excluding carboxylic acids is 2. The molecular formula is C39H70O8. The second-order valence-electron chi connectivity index (χ2n) is 14.4. The molecule has 0 aromatic heterocycles. The van der Waals surface area contributed by atoms with Crippen LogP contribution in [0.4, 0.5) is 0 Å². The predicted octanol–water partition coefficient (Wildman–Crippen LogP) is 8.41. The minimum atomic E-state index is -0.744. The molecule has 8 nitrogen and oxygen atoms in total. The molecule has 1 fully saturated rings. The monoisotopic (exact) mass is 667 g/mol. The van der Waals surface area contributed by atoms with Crippen molar-refractivity contribution >= 4 is 11.9 Å². The lowest BCUT2D eigenvalue weighted by atomic mass is 9.98. The maximum absolute atomic E-state index is 11.8. The normalized spacial score (nSPS) is 22.1. The molecule has 3 N–H and O–H groups in total. The van der Waals surface area contributed by atoms with Gasteiger partial charge in [-0.15, -0.1) is 0 Å². The Bertz CT molecular complexity index is 860. The second kappa shape index (κ2) is 25.5. The summed E-state index contributed by atoms with van der Waals surface area (Å²) >= 11 is 0. The summed E-state index contributed by atoms with van der Waals surface area (Å²) in [5.41, 5.74) is 0.809. The first-order chi connectivity index (χ1) is 22.7. The highest BCUT2D eigenvalue weighted by atomic mass is 16.6. The van der Waals surface area contributed by atoms with E-state index in [1.54, 1.807) is 0 Å². The molecule has 2 rings (SSSR count). The number of unbranched alkanes of at least 4 members (excludes halogenated alkanes) is 14. The van der Waals surface area contributed by atoms with Crippen LogP contribution in [0.25, 0.3) is 0 Å². The lowest BCUT2D eigenvalue weighted by molar-refractivity contribution is -0.150. The van der Waals surface area contributed by atoms with Gasteiger partial charge >= 0.3 is 11.9 Å². The molecule has 8 heteroatoms. The van der Waals surface area contributed by atoms with E-state index in [0.29, 0.717) is 25.7 Å². The zero-order chi connectivity index (χ0) is 34.3. The molecule has 2 aliphatic heterocycles. The molecule has 2 heterocycles. The smallest absolute Gasteiger partial charge is 0.334 e. The summed E-state index contributed by atoms with van der Waals surface area (Å²) in [7, 11) is 0. The molecule has 0 bridgehead atoms. The Morgan fingerprint density at radius 3 is 1.85 bits per heavy atom. The van der Waals surface area contributed by atoms with Crippen LogP contribution in [0.3, 0.4) is 0 Å². The molecular weight excluding hydrogens is 596 g/mol. The molecule has 47 heavy (non-hydrogen) atoms. The van der Waals surface area contributed by atoms with Gasteiger partial charge in [-0.25, -0.2) is 4.79 Å². The van der Waals surface area contributed by atoms with Gasteiger partial charge in [0.25, 0.3) is 0 Å². The Kier molecular flexibility index (Phi) is 22.6. The van der Waals surface area contributed by atoms with Crippen molar-refractivity contribution in [3.05, 3.63) is 11.6 Å². The van der Waals surface area contributed by atoms with Gasteiger partial charge in [0.2, 0.25) is 0 Å². The van der Waals surface area contributed by atoms with Crippen molar-refractivity contribution in [2.24, 2.45) is 0 Å². The summed E-state index contributed by atoms with van der Waals surface area (Å²) in [5.74, 6) is -0.522. The van der Waals surface area contributed by atoms with Crippen LogP contribution in [-0.4, -0.2) is 70.0 Å². The fraction of sp³-hybridized carbons (Fsp3) is 0.897. The highest BCUT2D eigenvalue weighted by Gasteiger charge is 2.35. The van der Waals surface area contributed by atoms with Crippen LogP contribution in [0.5, 0.6) is 0 Å².